The molecule has 114 valence electrons. The van der Waals surface area contributed by atoms with E-state index in [1.165, 1.54) is 0 Å². The molecule has 0 spiro atoms. The van der Waals surface area contributed by atoms with Crippen molar-refractivity contribution in [2.24, 2.45) is 0 Å². The first-order valence-corrected chi connectivity index (χ1v) is 6.34. The molecule has 0 aliphatic heterocycles. The van der Waals surface area contributed by atoms with Crippen molar-refractivity contribution < 1.29 is 18.3 Å². The smallest absolute Gasteiger partial charge is 0.382 e. The fourth-order valence-electron chi connectivity index (χ4n) is 1.31. The fraction of sp³-hybridized carbons (Fsp3) is 0.667. The summed E-state index contributed by atoms with van der Waals surface area (Å²) >= 11 is 5.95. The SMILES string of the molecule is Cc1c(Cl)nc(C(C)(C)C)nc1NCC(O)C(F)(F)F. The van der Waals surface area contributed by atoms with Crippen molar-refractivity contribution in [1.82, 2.24) is 9.97 Å². The number of aliphatic hydroxyl groups is 1. The number of nitrogens with one attached hydrogen (secondary N) is 1. The number of hydrogen-bond acceptors (Lipinski definition) is 4. The molecule has 0 aromatic carbocycles. The lowest BCUT2D eigenvalue weighted by Gasteiger charge is -2.20. The molecule has 0 aliphatic carbocycles. The fourth-order valence-corrected chi connectivity index (χ4v) is 1.48. The Balaban J connectivity index is 2.98. The summed E-state index contributed by atoms with van der Waals surface area (Å²) in [6, 6.07) is 0. The molecular formula is C12H17ClF3N3O. The second-order valence-electron chi connectivity index (χ2n) is 5.50. The quantitative estimate of drug-likeness (QED) is 0.842. The van der Waals surface area contributed by atoms with E-state index in [-0.39, 0.29) is 11.0 Å². The van der Waals surface area contributed by atoms with E-state index in [1.54, 1.807) is 6.92 Å². The molecule has 0 fully saturated rings. The van der Waals surface area contributed by atoms with Crippen LogP contribution in [-0.2, 0) is 5.41 Å². The van der Waals surface area contributed by atoms with Gasteiger partial charge in [0.05, 0.1) is 6.54 Å². The Morgan fingerprint density at radius 2 is 1.80 bits per heavy atom. The molecule has 8 heteroatoms. The number of nitrogens with zero attached hydrogens (tertiary/aromatic N) is 2. The molecule has 1 heterocycles. The van der Waals surface area contributed by atoms with E-state index in [1.807, 2.05) is 20.8 Å². The van der Waals surface area contributed by atoms with Crippen LogP contribution in [0.3, 0.4) is 0 Å². The van der Waals surface area contributed by atoms with Crippen LogP contribution in [0, 0.1) is 6.92 Å². The molecule has 4 nitrogen and oxygen atoms in total. The van der Waals surface area contributed by atoms with Gasteiger partial charge in [0.2, 0.25) is 0 Å². The van der Waals surface area contributed by atoms with E-state index in [0.717, 1.165) is 0 Å². The number of aromatic nitrogens is 2. The van der Waals surface area contributed by atoms with Crippen molar-refractivity contribution in [3.63, 3.8) is 0 Å². The van der Waals surface area contributed by atoms with Crippen LogP contribution in [-0.4, -0.2) is 33.9 Å². The third-order valence-electron chi connectivity index (χ3n) is 2.60. The zero-order valence-corrected chi connectivity index (χ0v) is 12.4. The second-order valence-corrected chi connectivity index (χ2v) is 5.86. The van der Waals surface area contributed by atoms with Crippen LogP contribution in [0.1, 0.15) is 32.2 Å². The maximum atomic E-state index is 12.3. The van der Waals surface area contributed by atoms with Gasteiger partial charge in [0.1, 0.15) is 16.8 Å². The highest BCUT2D eigenvalue weighted by Gasteiger charge is 2.38. The molecule has 0 bridgehead atoms. The summed E-state index contributed by atoms with van der Waals surface area (Å²) in [7, 11) is 0. The normalized spacial score (nSPS) is 14.2. The molecule has 0 aliphatic rings. The maximum absolute atomic E-state index is 12.3. The number of anilines is 1. The van der Waals surface area contributed by atoms with Crippen LogP contribution >= 0.6 is 11.6 Å². The average molecular weight is 312 g/mol. The molecule has 0 amide bonds. The molecule has 1 rings (SSSR count). The minimum absolute atomic E-state index is 0.175. The van der Waals surface area contributed by atoms with Crippen LogP contribution in [0.2, 0.25) is 5.15 Å². The first-order valence-electron chi connectivity index (χ1n) is 5.96. The largest absolute Gasteiger partial charge is 0.416 e. The molecule has 0 saturated carbocycles. The van der Waals surface area contributed by atoms with Gasteiger partial charge in [0, 0.05) is 11.0 Å². The molecule has 1 aromatic heterocycles. The molecule has 20 heavy (non-hydrogen) atoms. The van der Waals surface area contributed by atoms with E-state index >= 15 is 0 Å². The van der Waals surface area contributed by atoms with Gasteiger partial charge in [0.15, 0.2) is 6.10 Å². The van der Waals surface area contributed by atoms with Crippen LogP contribution in [0.5, 0.6) is 0 Å². The summed E-state index contributed by atoms with van der Waals surface area (Å²) in [5.74, 6) is 0.607. The Hall–Kier alpha value is -1.08. The van der Waals surface area contributed by atoms with Gasteiger partial charge < -0.3 is 10.4 Å². The summed E-state index contributed by atoms with van der Waals surface area (Å²) < 4.78 is 36.8. The predicted octanol–water partition coefficient (Wildman–Crippen LogP) is 3.07. The van der Waals surface area contributed by atoms with Crippen LogP contribution in [0.4, 0.5) is 19.0 Å². The number of alkyl halides is 3. The van der Waals surface area contributed by atoms with Gasteiger partial charge in [-0.15, -0.1) is 0 Å². The second kappa shape index (κ2) is 5.73. The lowest BCUT2D eigenvalue weighted by Crippen LogP contribution is -2.35. The van der Waals surface area contributed by atoms with Gasteiger partial charge in [-0.25, -0.2) is 9.97 Å². The van der Waals surface area contributed by atoms with E-state index in [2.05, 4.69) is 15.3 Å². The third kappa shape index (κ3) is 4.21. The van der Waals surface area contributed by atoms with Crippen molar-refractivity contribution in [2.45, 2.75) is 45.4 Å². The Labute approximate surface area is 120 Å². The zero-order chi connectivity index (χ0) is 15.7. The van der Waals surface area contributed by atoms with E-state index in [9.17, 15) is 13.2 Å². The first-order chi connectivity index (χ1) is 8.93. The monoisotopic (exact) mass is 311 g/mol. The average Bonchev–Trinajstić information content (AvgIpc) is 2.27. The number of hydrogen-bond donors (Lipinski definition) is 2. The maximum Gasteiger partial charge on any atom is 0.416 e. The summed E-state index contributed by atoms with van der Waals surface area (Å²) in [6.45, 7) is 6.49. The zero-order valence-electron chi connectivity index (χ0n) is 11.6. The van der Waals surface area contributed by atoms with Gasteiger partial charge in [-0.2, -0.15) is 13.2 Å². The summed E-state index contributed by atoms with van der Waals surface area (Å²) in [4.78, 5) is 8.28. The Kier molecular flexibility index (Phi) is 4.86. The molecule has 2 N–H and O–H groups in total. The topological polar surface area (TPSA) is 58.0 Å². The van der Waals surface area contributed by atoms with Crippen molar-refractivity contribution in [2.75, 3.05) is 11.9 Å². The molecule has 0 saturated heterocycles. The van der Waals surface area contributed by atoms with Gasteiger partial charge in [-0.3, -0.25) is 0 Å². The molecule has 1 aromatic rings. The van der Waals surface area contributed by atoms with Crippen LogP contribution < -0.4 is 5.32 Å². The van der Waals surface area contributed by atoms with E-state index < -0.39 is 24.2 Å². The lowest BCUT2D eigenvalue weighted by atomic mass is 9.95. The van der Waals surface area contributed by atoms with E-state index in [0.29, 0.717) is 11.4 Å². The highest BCUT2D eigenvalue weighted by atomic mass is 35.5. The Bertz CT molecular complexity index is 486. The number of aliphatic hydroxyl groups excluding tert-OH is 1. The van der Waals surface area contributed by atoms with Crippen molar-refractivity contribution >= 4 is 17.4 Å². The molecular weight excluding hydrogens is 295 g/mol. The summed E-state index contributed by atoms with van der Waals surface area (Å²) in [6.07, 6.45) is -7.14. The summed E-state index contributed by atoms with van der Waals surface area (Å²) in [5.41, 5.74) is 0.0465. The predicted molar refractivity (Wildman–Crippen MR) is 71.0 cm³/mol. The Morgan fingerprint density at radius 1 is 1.25 bits per heavy atom. The van der Waals surface area contributed by atoms with Crippen molar-refractivity contribution in [3.8, 4) is 0 Å². The van der Waals surface area contributed by atoms with Gasteiger partial charge in [-0.05, 0) is 6.92 Å². The van der Waals surface area contributed by atoms with Crippen LogP contribution in [0.25, 0.3) is 0 Å². The highest BCUT2D eigenvalue weighted by molar-refractivity contribution is 6.30. The minimum Gasteiger partial charge on any atom is -0.382 e. The minimum atomic E-state index is -4.68. The lowest BCUT2D eigenvalue weighted by molar-refractivity contribution is -0.198. The summed E-state index contributed by atoms with van der Waals surface area (Å²) in [5, 5.41) is 11.6. The molecule has 1 atom stereocenters. The van der Waals surface area contributed by atoms with E-state index in [4.69, 9.17) is 16.7 Å². The van der Waals surface area contributed by atoms with Gasteiger partial charge in [0.25, 0.3) is 0 Å². The number of halogens is 4. The van der Waals surface area contributed by atoms with Gasteiger partial charge >= 0.3 is 6.18 Å². The Morgan fingerprint density at radius 3 is 2.25 bits per heavy atom. The van der Waals surface area contributed by atoms with Crippen molar-refractivity contribution in [3.05, 3.63) is 16.5 Å². The molecule has 1 unspecified atom stereocenters. The third-order valence-corrected chi connectivity index (χ3v) is 2.97. The number of rotatable bonds is 3. The standard InChI is InChI=1S/C12H17ClF3N3O/c1-6-8(13)18-10(11(2,3)4)19-9(6)17-5-7(20)12(14,15)16/h7,20H,5H2,1-4H3,(H,17,18,19). The highest BCUT2D eigenvalue weighted by Crippen LogP contribution is 2.27. The molecule has 0 radical (unpaired) electrons. The van der Waals surface area contributed by atoms with Crippen molar-refractivity contribution in [1.29, 1.82) is 0 Å². The first kappa shape index (κ1) is 17.0. The van der Waals surface area contributed by atoms with Gasteiger partial charge in [-0.1, -0.05) is 32.4 Å². The van der Waals surface area contributed by atoms with Crippen LogP contribution in [0.15, 0.2) is 0 Å².